The maximum Gasteiger partial charge on any atom is 0.123 e. The number of ether oxygens (including phenoxy) is 1. The summed E-state index contributed by atoms with van der Waals surface area (Å²) in [6, 6.07) is 9.46. The average molecular weight is 274 g/mol. The molecule has 110 valence electrons. The predicted molar refractivity (Wildman–Crippen MR) is 82.1 cm³/mol. The van der Waals surface area contributed by atoms with E-state index < -0.39 is 0 Å². The molecule has 0 amide bonds. The van der Waals surface area contributed by atoms with Gasteiger partial charge < -0.3 is 15.0 Å². The van der Waals surface area contributed by atoms with Gasteiger partial charge in [-0.1, -0.05) is 25.1 Å². The number of hydrogen-bond donors (Lipinski definition) is 1. The van der Waals surface area contributed by atoms with Crippen molar-refractivity contribution in [2.24, 2.45) is 5.92 Å². The van der Waals surface area contributed by atoms with E-state index in [2.05, 4.69) is 35.3 Å². The Kier molecular flexibility index (Phi) is 4.27. The molecule has 3 nitrogen and oxygen atoms in total. The lowest BCUT2D eigenvalue weighted by Gasteiger charge is -2.46. The first kappa shape index (κ1) is 13.9. The first-order valence-corrected chi connectivity index (χ1v) is 7.93. The maximum absolute atomic E-state index is 5.53. The van der Waals surface area contributed by atoms with Crippen molar-refractivity contribution in [1.82, 2.24) is 10.2 Å². The largest absolute Gasteiger partial charge is 0.496 e. The molecular weight excluding hydrogens is 248 g/mol. The molecule has 20 heavy (non-hydrogen) atoms. The van der Waals surface area contributed by atoms with Gasteiger partial charge in [-0.05, 0) is 44.3 Å². The summed E-state index contributed by atoms with van der Waals surface area (Å²) in [5, 5.41) is 3.91. The fourth-order valence-electron chi connectivity index (χ4n) is 3.79. The summed E-state index contributed by atoms with van der Waals surface area (Å²) in [6.07, 6.45) is 3.82. The third-order valence-electron chi connectivity index (χ3n) is 4.99. The van der Waals surface area contributed by atoms with Crippen molar-refractivity contribution in [2.45, 2.75) is 38.3 Å². The first-order chi connectivity index (χ1) is 9.81. The van der Waals surface area contributed by atoms with Crippen molar-refractivity contribution in [3.8, 4) is 5.75 Å². The number of rotatable bonds is 5. The summed E-state index contributed by atoms with van der Waals surface area (Å²) < 4.78 is 5.53. The van der Waals surface area contributed by atoms with E-state index in [1.807, 2.05) is 6.07 Å². The van der Waals surface area contributed by atoms with E-state index in [0.717, 1.165) is 18.1 Å². The second-order valence-electron chi connectivity index (χ2n) is 6.11. The molecule has 3 saturated heterocycles. The number of methoxy groups -OCH3 is 1. The number of piperidine rings is 3. The Labute approximate surface area is 122 Å². The van der Waals surface area contributed by atoms with E-state index in [9.17, 15) is 0 Å². The highest BCUT2D eigenvalue weighted by molar-refractivity contribution is 5.36. The van der Waals surface area contributed by atoms with Crippen LogP contribution >= 0.6 is 0 Å². The van der Waals surface area contributed by atoms with Crippen LogP contribution in [0.3, 0.4) is 0 Å². The minimum Gasteiger partial charge on any atom is -0.496 e. The lowest BCUT2D eigenvalue weighted by Crippen LogP contribution is -2.56. The number of nitrogens with one attached hydrogen (secondary N) is 1. The Hall–Kier alpha value is -1.06. The van der Waals surface area contributed by atoms with E-state index in [4.69, 9.17) is 4.74 Å². The second kappa shape index (κ2) is 6.15. The molecule has 3 heterocycles. The highest BCUT2D eigenvalue weighted by Gasteiger charge is 2.35. The lowest BCUT2D eigenvalue weighted by atomic mass is 9.83. The van der Waals surface area contributed by atoms with Crippen molar-refractivity contribution < 1.29 is 4.74 Å². The van der Waals surface area contributed by atoms with Gasteiger partial charge in [0.05, 0.1) is 7.11 Å². The second-order valence-corrected chi connectivity index (χ2v) is 6.11. The Morgan fingerprint density at radius 2 is 2.05 bits per heavy atom. The topological polar surface area (TPSA) is 24.5 Å². The van der Waals surface area contributed by atoms with E-state index in [0.29, 0.717) is 12.1 Å². The van der Waals surface area contributed by atoms with Crippen LogP contribution in [0.4, 0.5) is 0 Å². The summed E-state index contributed by atoms with van der Waals surface area (Å²) >= 11 is 0. The fourth-order valence-corrected chi connectivity index (χ4v) is 3.79. The fraction of sp³-hybridized carbons (Fsp3) is 0.647. The zero-order chi connectivity index (χ0) is 13.9. The molecule has 1 aromatic carbocycles. The molecule has 2 atom stereocenters. The molecule has 3 heteroatoms. The SMILES string of the molecule is CCC(NC1CN2CCC1CC2)c1ccccc1OC. The first-order valence-electron chi connectivity index (χ1n) is 7.93. The number of hydrogen-bond acceptors (Lipinski definition) is 3. The van der Waals surface area contributed by atoms with Crippen LogP contribution in [0.25, 0.3) is 0 Å². The van der Waals surface area contributed by atoms with Gasteiger partial charge in [0.15, 0.2) is 0 Å². The smallest absolute Gasteiger partial charge is 0.123 e. The summed E-state index contributed by atoms with van der Waals surface area (Å²) in [5.74, 6) is 1.87. The highest BCUT2D eigenvalue weighted by atomic mass is 16.5. The van der Waals surface area contributed by atoms with Crippen LogP contribution in [0.5, 0.6) is 5.75 Å². The molecule has 1 aromatic rings. The monoisotopic (exact) mass is 274 g/mol. The number of fused-ring (bicyclic) bond motifs is 3. The summed E-state index contributed by atoms with van der Waals surface area (Å²) in [4.78, 5) is 2.60. The minimum atomic E-state index is 0.400. The molecule has 3 aliphatic heterocycles. The van der Waals surface area contributed by atoms with Crippen LogP contribution in [0.2, 0.25) is 0 Å². The Bertz CT molecular complexity index is 440. The summed E-state index contributed by atoms with van der Waals surface area (Å²) in [5.41, 5.74) is 1.30. The summed E-state index contributed by atoms with van der Waals surface area (Å²) in [6.45, 7) is 6.07. The van der Waals surface area contributed by atoms with Gasteiger partial charge in [0, 0.05) is 24.2 Å². The van der Waals surface area contributed by atoms with Crippen LogP contribution in [-0.2, 0) is 0 Å². The average Bonchev–Trinajstić information content (AvgIpc) is 2.54. The van der Waals surface area contributed by atoms with Crippen LogP contribution in [0, 0.1) is 5.92 Å². The molecule has 2 unspecified atom stereocenters. The van der Waals surface area contributed by atoms with Crippen molar-refractivity contribution in [2.75, 3.05) is 26.7 Å². The number of para-hydroxylation sites is 1. The Morgan fingerprint density at radius 3 is 2.65 bits per heavy atom. The molecule has 0 aromatic heterocycles. The van der Waals surface area contributed by atoms with Crippen LogP contribution < -0.4 is 10.1 Å². The Balaban J connectivity index is 1.73. The van der Waals surface area contributed by atoms with Crippen molar-refractivity contribution in [1.29, 1.82) is 0 Å². The summed E-state index contributed by atoms with van der Waals surface area (Å²) in [7, 11) is 1.76. The molecule has 3 fully saturated rings. The number of nitrogens with zero attached hydrogens (tertiary/aromatic N) is 1. The van der Waals surface area contributed by atoms with E-state index in [-0.39, 0.29) is 0 Å². The third kappa shape index (κ3) is 2.70. The van der Waals surface area contributed by atoms with Gasteiger partial charge in [-0.2, -0.15) is 0 Å². The van der Waals surface area contributed by atoms with Crippen molar-refractivity contribution >= 4 is 0 Å². The quantitative estimate of drug-likeness (QED) is 0.893. The van der Waals surface area contributed by atoms with E-state index in [1.165, 1.54) is 38.0 Å². The molecular formula is C17H26N2O. The van der Waals surface area contributed by atoms with Gasteiger partial charge in [0.25, 0.3) is 0 Å². The molecule has 0 spiro atoms. The van der Waals surface area contributed by atoms with Gasteiger partial charge in [-0.3, -0.25) is 0 Å². The molecule has 0 aliphatic carbocycles. The van der Waals surface area contributed by atoms with E-state index >= 15 is 0 Å². The van der Waals surface area contributed by atoms with E-state index in [1.54, 1.807) is 7.11 Å². The lowest BCUT2D eigenvalue weighted by molar-refractivity contribution is 0.0664. The standard InChI is InChI=1S/C17H26N2O/c1-3-15(14-6-4-5-7-17(14)20-2)18-16-12-19-10-8-13(16)9-11-19/h4-7,13,15-16,18H,3,8-12H2,1-2H3. The van der Waals surface area contributed by atoms with Crippen LogP contribution in [0.1, 0.15) is 37.8 Å². The van der Waals surface area contributed by atoms with Gasteiger partial charge >= 0.3 is 0 Å². The van der Waals surface area contributed by atoms with Gasteiger partial charge in [-0.25, -0.2) is 0 Å². The molecule has 0 saturated carbocycles. The molecule has 0 radical (unpaired) electrons. The van der Waals surface area contributed by atoms with Crippen molar-refractivity contribution in [3.05, 3.63) is 29.8 Å². The number of benzene rings is 1. The molecule has 3 aliphatic rings. The zero-order valence-electron chi connectivity index (χ0n) is 12.6. The van der Waals surface area contributed by atoms with Crippen LogP contribution in [-0.4, -0.2) is 37.7 Å². The van der Waals surface area contributed by atoms with Crippen LogP contribution in [0.15, 0.2) is 24.3 Å². The Morgan fingerprint density at radius 1 is 1.30 bits per heavy atom. The maximum atomic E-state index is 5.53. The molecule has 4 rings (SSSR count). The normalized spacial score (nSPS) is 30.2. The van der Waals surface area contributed by atoms with Gasteiger partial charge in [-0.15, -0.1) is 0 Å². The highest BCUT2D eigenvalue weighted by Crippen LogP contribution is 2.32. The predicted octanol–water partition coefficient (Wildman–Crippen LogP) is 2.83. The van der Waals surface area contributed by atoms with Gasteiger partial charge in [0.1, 0.15) is 5.75 Å². The molecule has 1 N–H and O–H groups in total. The van der Waals surface area contributed by atoms with Gasteiger partial charge in [0.2, 0.25) is 0 Å². The molecule has 2 bridgehead atoms. The third-order valence-corrected chi connectivity index (χ3v) is 4.99. The minimum absolute atomic E-state index is 0.400. The zero-order valence-corrected chi connectivity index (χ0v) is 12.6. The van der Waals surface area contributed by atoms with Crippen molar-refractivity contribution in [3.63, 3.8) is 0 Å².